The predicted molar refractivity (Wildman–Crippen MR) is 81.6 cm³/mol. The first kappa shape index (κ1) is 20.7. The maximum Gasteiger partial charge on any atom is 0.439 e. The fourth-order valence-electron chi connectivity index (χ4n) is 2.01. The summed E-state index contributed by atoms with van der Waals surface area (Å²) in [5.74, 6) is -2.73. The zero-order chi connectivity index (χ0) is 20.5. The molecule has 2 rings (SSSR count). The Balaban J connectivity index is 2.53. The average molecular weight is 416 g/mol. The molecule has 0 aliphatic heterocycles. The number of carbonyl (C=O) groups is 1. The molecule has 27 heavy (non-hydrogen) atoms. The highest BCUT2D eigenvalue weighted by Crippen LogP contribution is 2.44. The molecule has 1 aromatic carbocycles. The van der Waals surface area contributed by atoms with Crippen molar-refractivity contribution >= 4 is 23.2 Å². The molecule has 12 heteroatoms. The van der Waals surface area contributed by atoms with Crippen molar-refractivity contribution < 1.29 is 35.5 Å². The number of nitrogens with one attached hydrogen (secondary N) is 2. The highest BCUT2D eigenvalue weighted by Gasteiger charge is 2.72. The van der Waals surface area contributed by atoms with Crippen LogP contribution in [0, 0.1) is 5.82 Å². The molecule has 0 atom stereocenters. The normalized spacial score (nSPS) is 12.6. The molecule has 4 nitrogen and oxygen atoms in total. The van der Waals surface area contributed by atoms with E-state index in [1.807, 2.05) is 0 Å². The standard InChI is InChI=1S/C15H9ClF7N3O/c16-10-6-9(3-4-11(10)17)25-13(14(18,19)20,15(21,22)23)26-12(27)8-2-1-5-24-7-8/h1-7,25H,(H,26,27). The number of aromatic nitrogens is 1. The number of benzene rings is 1. The first-order chi connectivity index (χ1) is 12.4. The second-order valence-corrected chi connectivity index (χ2v) is 5.60. The number of nitrogens with zero attached hydrogens (tertiary/aromatic N) is 1. The third-order valence-corrected chi connectivity index (χ3v) is 3.62. The Morgan fingerprint density at radius 1 is 1.04 bits per heavy atom. The number of halogens is 8. The third kappa shape index (κ3) is 4.24. The van der Waals surface area contributed by atoms with Crippen LogP contribution in [0.2, 0.25) is 5.02 Å². The molecular formula is C15H9ClF7N3O. The zero-order valence-corrected chi connectivity index (χ0v) is 13.7. The van der Waals surface area contributed by atoms with Crippen molar-refractivity contribution in [3.63, 3.8) is 0 Å². The molecule has 1 aromatic heterocycles. The van der Waals surface area contributed by atoms with Gasteiger partial charge < -0.3 is 10.6 Å². The number of pyridine rings is 1. The number of carbonyl (C=O) groups excluding carboxylic acids is 1. The Kier molecular flexibility index (Phi) is 5.55. The molecule has 0 saturated carbocycles. The highest BCUT2D eigenvalue weighted by atomic mass is 35.5. The Hall–Kier alpha value is -2.56. The summed E-state index contributed by atoms with van der Waals surface area (Å²) in [5, 5.41) is 1.41. The number of hydrogen-bond donors (Lipinski definition) is 2. The van der Waals surface area contributed by atoms with E-state index in [0.717, 1.165) is 23.6 Å². The van der Waals surface area contributed by atoms with Crippen LogP contribution in [-0.4, -0.2) is 28.9 Å². The molecule has 0 bridgehead atoms. The molecule has 1 heterocycles. The lowest BCUT2D eigenvalue weighted by Crippen LogP contribution is -2.72. The number of anilines is 1. The van der Waals surface area contributed by atoms with Crippen LogP contribution in [0.1, 0.15) is 10.4 Å². The van der Waals surface area contributed by atoms with Crippen molar-refractivity contribution in [3.8, 4) is 0 Å². The average Bonchev–Trinajstić information content (AvgIpc) is 2.56. The van der Waals surface area contributed by atoms with Crippen LogP contribution in [0.15, 0.2) is 42.7 Å². The fraction of sp³-hybridized carbons (Fsp3) is 0.200. The first-order valence-corrected chi connectivity index (χ1v) is 7.34. The van der Waals surface area contributed by atoms with E-state index < -0.39 is 46.0 Å². The maximum absolute atomic E-state index is 13.5. The Morgan fingerprint density at radius 2 is 1.67 bits per heavy atom. The lowest BCUT2D eigenvalue weighted by atomic mass is 10.1. The van der Waals surface area contributed by atoms with Gasteiger partial charge in [0, 0.05) is 18.1 Å². The summed E-state index contributed by atoms with van der Waals surface area (Å²) in [5.41, 5.74) is -6.22. The highest BCUT2D eigenvalue weighted by molar-refractivity contribution is 6.31. The minimum Gasteiger partial charge on any atom is -0.348 e. The topological polar surface area (TPSA) is 54.0 Å². The monoisotopic (exact) mass is 415 g/mol. The minimum absolute atomic E-state index is 0.527. The van der Waals surface area contributed by atoms with E-state index in [9.17, 15) is 35.5 Å². The number of hydrogen-bond acceptors (Lipinski definition) is 3. The number of rotatable bonds is 4. The Morgan fingerprint density at radius 3 is 2.15 bits per heavy atom. The fourth-order valence-corrected chi connectivity index (χ4v) is 2.19. The van der Waals surface area contributed by atoms with Crippen LogP contribution in [0.25, 0.3) is 0 Å². The van der Waals surface area contributed by atoms with Gasteiger partial charge in [0.25, 0.3) is 5.91 Å². The van der Waals surface area contributed by atoms with Gasteiger partial charge in [-0.25, -0.2) is 4.39 Å². The Labute approximate surface area is 152 Å². The van der Waals surface area contributed by atoms with E-state index in [1.165, 1.54) is 11.5 Å². The van der Waals surface area contributed by atoms with Gasteiger partial charge in [0.05, 0.1) is 10.6 Å². The largest absolute Gasteiger partial charge is 0.439 e. The lowest BCUT2D eigenvalue weighted by molar-refractivity contribution is -0.294. The van der Waals surface area contributed by atoms with Gasteiger partial charge in [0.15, 0.2) is 0 Å². The van der Waals surface area contributed by atoms with Crippen molar-refractivity contribution in [1.82, 2.24) is 10.3 Å². The lowest BCUT2D eigenvalue weighted by Gasteiger charge is -2.39. The molecule has 0 spiro atoms. The van der Waals surface area contributed by atoms with Crippen molar-refractivity contribution in [2.45, 2.75) is 18.0 Å². The summed E-state index contributed by atoms with van der Waals surface area (Å²) in [7, 11) is 0. The molecule has 146 valence electrons. The van der Waals surface area contributed by atoms with Crippen LogP contribution < -0.4 is 10.6 Å². The summed E-state index contributed by atoms with van der Waals surface area (Å²) in [6.45, 7) is 0. The first-order valence-electron chi connectivity index (χ1n) is 6.96. The molecule has 2 aromatic rings. The molecule has 0 unspecified atom stereocenters. The predicted octanol–water partition coefficient (Wildman–Crippen LogP) is 4.54. The van der Waals surface area contributed by atoms with Gasteiger partial charge in [-0.05, 0) is 30.3 Å². The molecule has 0 aliphatic carbocycles. The van der Waals surface area contributed by atoms with Gasteiger partial charge in [-0.3, -0.25) is 9.78 Å². The zero-order valence-electron chi connectivity index (χ0n) is 12.9. The summed E-state index contributed by atoms with van der Waals surface area (Å²) < 4.78 is 94.1. The number of alkyl halides is 6. The second-order valence-electron chi connectivity index (χ2n) is 5.20. The van der Waals surface area contributed by atoms with Gasteiger partial charge in [0.1, 0.15) is 5.82 Å². The van der Waals surface area contributed by atoms with Crippen LogP contribution >= 0.6 is 11.6 Å². The molecule has 0 radical (unpaired) electrons. The molecular weight excluding hydrogens is 407 g/mol. The van der Waals surface area contributed by atoms with Gasteiger partial charge in [-0.1, -0.05) is 11.6 Å². The van der Waals surface area contributed by atoms with E-state index in [1.54, 1.807) is 0 Å². The van der Waals surface area contributed by atoms with Crippen molar-refractivity contribution in [3.05, 3.63) is 59.1 Å². The van der Waals surface area contributed by atoms with Crippen LogP contribution in [0.3, 0.4) is 0 Å². The van der Waals surface area contributed by atoms with Gasteiger partial charge in [-0.2, -0.15) is 26.3 Å². The van der Waals surface area contributed by atoms with Crippen LogP contribution in [0.4, 0.5) is 36.4 Å². The molecule has 0 saturated heterocycles. The van der Waals surface area contributed by atoms with Gasteiger partial charge >= 0.3 is 18.0 Å². The minimum atomic E-state index is -6.02. The van der Waals surface area contributed by atoms with Crippen LogP contribution in [0.5, 0.6) is 0 Å². The van der Waals surface area contributed by atoms with Gasteiger partial charge in [0.2, 0.25) is 0 Å². The van der Waals surface area contributed by atoms with Crippen molar-refractivity contribution in [1.29, 1.82) is 0 Å². The van der Waals surface area contributed by atoms with E-state index >= 15 is 0 Å². The summed E-state index contributed by atoms with van der Waals surface area (Å²) >= 11 is 5.40. The summed E-state index contributed by atoms with van der Waals surface area (Å²) in [6.07, 6.45) is -10.1. The second kappa shape index (κ2) is 7.22. The van der Waals surface area contributed by atoms with E-state index in [2.05, 4.69) is 4.98 Å². The van der Waals surface area contributed by atoms with Crippen LogP contribution in [-0.2, 0) is 0 Å². The van der Waals surface area contributed by atoms with E-state index in [0.29, 0.717) is 18.2 Å². The third-order valence-electron chi connectivity index (χ3n) is 3.33. The van der Waals surface area contributed by atoms with E-state index in [4.69, 9.17) is 11.6 Å². The number of amides is 1. The molecule has 0 aliphatic rings. The van der Waals surface area contributed by atoms with E-state index in [-0.39, 0.29) is 0 Å². The molecule has 0 fully saturated rings. The molecule has 1 amide bonds. The smallest absolute Gasteiger partial charge is 0.348 e. The summed E-state index contributed by atoms with van der Waals surface area (Å²) in [4.78, 5) is 15.5. The quantitative estimate of drug-likeness (QED) is 0.569. The Bertz CT molecular complexity index is 810. The van der Waals surface area contributed by atoms with Crippen molar-refractivity contribution in [2.75, 3.05) is 5.32 Å². The maximum atomic E-state index is 13.5. The van der Waals surface area contributed by atoms with Gasteiger partial charge in [-0.15, -0.1) is 0 Å². The summed E-state index contributed by atoms with van der Waals surface area (Å²) in [6, 6.07) is 3.85. The van der Waals surface area contributed by atoms with Crippen molar-refractivity contribution in [2.24, 2.45) is 0 Å². The SMILES string of the molecule is O=C(NC(Nc1ccc(F)c(Cl)c1)(C(F)(F)F)C(F)(F)F)c1cccnc1. The molecule has 2 N–H and O–H groups in total.